The molecule has 0 fully saturated rings. The number of rotatable bonds is 4. The topological polar surface area (TPSA) is 82.0 Å². The van der Waals surface area contributed by atoms with E-state index < -0.39 is 0 Å². The minimum Gasteiger partial charge on any atom is -0.350 e. The molecule has 2 aliphatic heterocycles. The van der Waals surface area contributed by atoms with Gasteiger partial charge in [0.15, 0.2) is 0 Å². The molecular formula is C29H31ClN4O2. The monoisotopic (exact) mass is 502 g/mol. The van der Waals surface area contributed by atoms with Crippen LogP contribution in [0.3, 0.4) is 0 Å². The van der Waals surface area contributed by atoms with E-state index in [4.69, 9.17) is 5.73 Å². The van der Waals surface area contributed by atoms with Crippen molar-refractivity contribution in [2.75, 3.05) is 0 Å². The van der Waals surface area contributed by atoms with Gasteiger partial charge in [-0.2, -0.15) is 0 Å². The zero-order valence-electron chi connectivity index (χ0n) is 20.7. The summed E-state index contributed by atoms with van der Waals surface area (Å²) in [6.45, 7) is 5.19. The number of carbonyl (C=O) groups excluding carboxylic acids is 2. The number of aryl methyl sites for hydroxylation is 2. The third kappa shape index (κ3) is 3.51. The molecule has 4 heterocycles. The molecule has 2 aliphatic rings. The highest BCUT2D eigenvalue weighted by molar-refractivity contribution is 6.51. The van der Waals surface area contributed by atoms with Crippen LogP contribution in [-0.2, 0) is 29.6 Å². The molecule has 36 heavy (non-hydrogen) atoms. The molecule has 7 heteroatoms. The number of nitrogens with two attached hydrogens (primary N) is 1. The zero-order valence-corrected chi connectivity index (χ0v) is 21.6. The van der Waals surface area contributed by atoms with Crippen LogP contribution < -0.4 is 11.1 Å². The van der Waals surface area contributed by atoms with Crippen LogP contribution in [-0.4, -0.2) is 27.0 Å². The van der Waals surface area contributed by atoms with E-state index in [1.807, 2.05) is 54.2 Å². The number of benzene rings is 2. The number of amides is 2. The molecular weight excluding hydrogens is 472 g/mol. The minimum absolute atomic E-state index is 0. The molecule has 1 unspecified atom stereocenters. The van der Waals surface area contributed by atoms with Crippen molar-refractivity contribution in [1.29, 1.82) is 0 Å². The average molecular weight is 503 g/mol. The Bertz CT molecular complexity index is 1560. The molecule has 2 aromatic carbocycles. The lowest BCUT2D eigenvalue weighted by molar-refractivity contribution is -0.122. The van der Waals surface area contributed by atoms with Crippen molar-refractivity contribution in [1.82, 2.24) is 14.5 Å². The summed E-state index contributed by atoms with van der Waals surface area (Å²) in [6, 6.07) is 16.3. The van der Waals surface area contributed by atoms with Crippen molar-refractivity contribution in [3.05, 3.63) is 71.5 Å². The summed E-state index contributed by atoms with van der Waals surface area (Å²) in [7, 11) is 1.97. The van der Waals surface area contributed by atoms with Crippen LogP contribution >= 0.6 is 12.4 Å². The maximum Gasteiger partial charge on any atom is 0.259 e. The molecule has 0 aliphatic carbocycles. The fraction of sp³-hybridized carbons (Fsp3) is 0.310. The van der Waals surface area contributed by atoms with Crippen LogP contribution in [0.1, 0.15) is 37.1 Å². The van der Waals surface area contributed by atoms with Gasteiger partial charge in [0.1, 0.15) is 0 Å². The molecule has 2 atom stereocenters. The molecule has 2 amide bonds. The number of imide groups is 1. The fourth-order valence-corrected chi connectivity index (χ4v) is 6.11. The first kappa shape index (κ1) is 24.3. The molecule has 186 valence electrons. The summed E-state index contributed by atoms with van der Waals surface area (Å²) >= 11 is 0. The van der Waals surface area contributed by atoms with Crippen molar-refractivity contribution < 1.29 is 9.59 Å². The molecule has 0 saturated heterocycles. The van der Waals surface area contributed by atoms with Crippen LogP contribution in [0.25, 0.3) is 33.0 Å². The number of nitrogens with one attached hydrogen (secondary N) is 1. The van der Waals surface area contributed by atoms with Gasteiger partial charge >= 0.3 is 0 Å². The smallest absolute Gasteiger partial charge is 0.259 e. The highest BCUT2D eigenvalue weighted by Gasteiger charge is 2.38. The van der Waals surface area contributed by atoms with E-state index in [2.05, 4.69) is 35.9 Å². The summed E-state index contributed by atoms with van der Waals surface area (Å²) in [4.78, 5) is 26.7. The largest absolute Gasteiger partial charge is 0.350 e. The summed E-state index contributed by atoms with van der Waals surface area (Å²) in [5.41, 5.74) is 12.5. The Morgan fingerprint density at radius 3 is 2.31 bits per heavy atom. The number of hydrogen-bond donors (Lipinski definition) is 2. The van der Waals surface area contributed by atoms with Crippen molar-refractivity contribution in [2.24, 2.45) is 24.6 Å². The quantitative estimate of drug-likeness (QED) is 0.398. The summed E-state index contributed by atoms with van der Waals surface area (Å²) in [6.07, 6.45) is 3.75. The lowest BCUT2D eigenvalue weighted by atomic mass is 9.82. The third-order valence-corrected chi connectivity index (χ3v) is 7.92. The SMILES string of the molecule is CC(C)[C@H](N)C1CCn2c(c(C3=C(c4cn(C)c5ccccc45)C(=O)NC3=O)c3ccccc32)C1.Cl. The Labute approximate surface area is 216 Å². The second kappa shape index (κ2) is 8.95. The molecule has 0 bridgehead atoms. The number of halogens is 1. The first-order valence-corrected chi connectivity index (χ1v) is 12.4. The number of aromatic nitrogens is 2. The number of para-hydroxylation sites is 2. The lowest BCUT2D eigenvalue weighted by Crippen LogP contribution is -2.39. The van der Waals surface area contributed by atoms with Gasteiger partial charge in [0, 0.05) is 64.5 Å². The molecule has 0 saturated carbocycles. The Hall–Kier alpha value is -3.35. The van der Waals surface area contributed by atoms with E-state index in [0.29, 0.717) is 23.0 Å². The van der Waals surface area contributed by atoms with Crippen molar-refractivity contribution in [3.63, 3.8) is 0 Å². The van der Waals surface area contributed by atoms with E-state index in [9.17, 15) is 9.59 Å². The van der Waals surface area contributed by atoms with E-state index in [1.54, 1.807) is 0 Å². The summed E-state index contributed by atoms with van der Waals surface area (Å²) in [5.74, 6) is 0.0394. The Morgan fingerprint density at radius 1 is 0.944 bits per heavy atom. The first-order valence-electron chi connectivity index (χ1n) is 12.4. The van der Waals surface area contributed by atoms with Crippen molar-refractivity contribution in [2.45, 2.75) is 39.3 Å². The van der Waals surface area contributed by atoms with Crippen LogP contribution in [0.5, 0.6) is 0 Å². The number of hydrogen-bond acceptors (Lipinski definition) is 3. The summed E-state index contributed by atoms with van der Waals surface area (Å²) < 4.78 is 4.34. The normalized spacial score (nSPS) is 18.6. The van der Waals surface area contributed by atoms with E-state index in [-0.39, 0.29) is 30.3 Å². The van der Waals surface area contributed by atoms with Gasteiger partial charge in [0.25, 0.3) is 11.8 Å². The van der Waals surface area contributed by atoms with Crippen LogP contribution in [0, 0.1) is 11.8 Å². The maximum atomic E-state index is 13.4. The van der Waals surface area contributed by atoms with Gasteiger partial charge in [-0.05, 0) is 36.8 Å². The number of nitrogens with zero attached hydrogens (tertiary/aromatic N) is 2. The molecule has 0 spiro atoms. The second-order valence-electron chi connectivity index (χ2n) is 10.3. The van der Waals surface area contributed by atoms with E-state index in [0.717, 1.165) is 58.0 Å². The highest BCUT2D eigenvalue weighted by atomic mass is 35.5. The number of carbonyl (C=O) groups is 2. The summed E-state index contributed by atoms with van der Waals surface area (Å²) in [5, 5.41) is 4.58. The standard InChI is InChI=1S/C29H30N4O2.ClH/c1-16(2)27(30)17-12-13-33-22-11-7-5-9-19(22)24(23(33)14-17)26-25(28(34)31-29(26)35)20-15-32(3)21-10-6-4-8-18(20)21;/h4-11,15-17,27H,12-14,30H2,1-3H3,(H,31,34,35);1H/t17?,27-;/m0./s1. The molecule has 0 radical (unpaired) electrons. The lowest BCUT2D eigenvalue weighted by Gasteiger charge is -2.32. The van der Waals surface area contributed by atoms with Crippen molar-refractivity contribution >= 4 is 57.2 Å². The van der Waals surface area contributed by atoms with Crippen LogP contribution in [0.4, 0.5) is 0 Å². The Balaban J connectivity index is 0.00000267. The predicted molar refractivity (Wildman–Crippen MR) is 147 cm³/mol. The van der Waals surface area contributed by atoms with Gasteiger partial charge in [0.05, 0.1) is 11.1 Å². The molecule has 2 aromatic heterocycles. The van der Waals surface area contributed by atoms with Gasteiger partial charge in [-0.1, -0.05) is 50.2 Å². The predicted octanol–water partition coefficient (Wildman–Crippen LogP) is 4.67. The molecule has 4 aromatic rings. The zero-order chi connectivity index (χ0) is 24.4. The van der Waals surface area contributed by atoms with Gasteiger partial charge in [-0.3, -0.25) is 14.9 Å². The Morgan fingerprint density at radius 2 is 1.58 bits per heavy atom. The third-order valence-electron chi connectivity index (χ3n) is 7.92. The molecule has 6 nitrogen and oxygen atoms in total. The van der Waals surface area contributed by atoms with Crippen molar-refractivity contribution in [3.8, 4) is 0 Å². The maximum absolute atomic E-state index is 13.4. The fourth-order valence-electron chi connectivity index (χ4n) is 6.11. The second-order valence-corrected chi connectivity index (χ2v) is 10.3. The Kier molecular flexibility index (Phi) is 6.05. The van der Waals surface area contributed by atoms with Gasteiger partial charge < -0.3 is 14.9 Å². The first-order chi connectivity index (χ1) is 16.9. The average Bonchev–Trinajstić information content (AvgIpc) is 3.46. The van der Waals surface area contributed by atoms with Crippen LogP contribution in [0.2, 0.25) is 0 Å². The van der Waals surface area contributed by atoms with Gasteiger partial charge in [0.2, 0.25) is 0 Å². The van der Waals surface area contributed by atoms with Crippen LogP contribution in [0.15, 0.2) is 54.7 Å². The van der Waals surface area contributed by atoms with Gasteiger partial charge in [-0.15, -0.1) is 12.4 Å². The highest BCUT2D eigenvalue weighted by Crippen LogP contribution is 2.43. The molecule has 6 rings (SSSR count). The minimum atomic E-state index is -0.336. The van der Waals surface area contributed by atoms with E-state index >= 15 is 0 Å². The molecule has 3 N–H and O–H groups in total. The van der Waals surface area contributed by atoms with E-state index in [1.165, 1.54) is 0 Å². The number of fused-ring (bicyclic) bond motifs is 4. The van der Waals surface area contributed by atoms with Gasteiger partial charge in [-0.25, -0.2) is 0 Å².